The van der Waals surface area contributed by atoms with Gasteiger partial charge in [-0.15, -0.1) is 0 Å². The van der Waals surface area contributed by atoms with Gasteiger partial charge in [0.25, 0.3) is 5.91 Å². The summed E-state index contributed by atoms with van der Waals surface area (Å²) in [5.74, 6) is -0.659. The smallest absolute Gasteiger partial charge is 0.319 e. The number of hydrogen-bond acceptors (Lipinski definition) is 3. The van der Waals surface area contributed by atoms with Crippen LogP contribution < -0.4 is 10.2 Å². The molecule has 0 radical (unpaired) electrons. The number of urea groups is 1. The fraction of sp³-hybridized carbons (Fsp3) is 0.269. The van der Waals surface area contributed by atoms with E-state index in [1.165, 1.54) is 0 Å². The molecule has 2 heterocycles. The Morgan fingerprint density at radius 3 is 2.62 bits per heavy atom. The lowest BCUT2D eigenvalue weighted by molar-refractivity contribution is -0.134. The molecule has 1 unspecified atom stereocenters. The molecule has 2 aliphatic rings. The molecule has 32 heavy (non-hydrogen) atoms. The van der Waals surface area contributed by atoms with Crippen LogP contribution in [0.1, 0.15) is 30.0 Å². The van der Waals surface area contributed by atoms with Gasteiger partial charge in [0.2, 0.25) is 5.91 Å². The van der Waals surface area contributed by atoms with E-state index >= 15 is 0 Å². The number of hydrogen-bond donors (Lipinski definition) is 1. The van der Waals surface area contributed by atoms with Crippen LogP contribution in [-0.4, -0.2) is 35.8 Å². The second kappa shape index (κ2) is 7.48. The second-order valence-electron chi connectivity index (χ2n) is 8.79. The van der Waals surface area contributed by atoms with Gasteiger partial charge >= 0.3 is 6.03 Å². The molecular weight excluding hydrogens is 402 g/mol. The number of benzene rings is 3. The molecule has 6 nitrogen and oxygen atoms in total. The van der Waals surface area contributed by atoms with Crippen molar-refractivity contribution in [3.05, 3.63) is 77.4 Å². The lowest BCUT2D eigenvalue weighted by Crippen LogP contribution is -2.46. The van der Waals surface area contributed by atoms with Crippen LogP contribution in [0.15, 0.2) is 60.7 Å². The number of amides is 4. The molecule has 162 valence electrons. The van der Waals surface area contributed by atoms with Gasteiger partial charge in [-0.2, -0.15) is 0 Å². The minimum atomic E-state index is -1.21. The average molecular weight is 428 g/mol. The highest BCUT2D eigenvalue weighted by Gasteiger charge is 2.50. The first-order chi connectivity index (χ1) is 15.4. The van der Waals surface area contributed by atoms with E-state index < -0.39 is 17.5 Å². The zero-order chi connectivity index (χ0) is 22.5. The molecule has 0 saturated carbocycles. The van der Waals surface area contributed by atoms with E-state index in [0.29, 0.717) is 12.1 Å². The highest BCUT2D eigenvalue weighted by Crippen LogP contribution is 2.32. The predicted molar refractivity (Wildman–Crippen MR) is 123 cm³/mol. The Labute approximate surface area is 186 Å². The summed E-state index contributed by atoms with van der Waals surface area (Å²) >= 11 is 0. The van der Waals surface area contributed by atoms with Crippen LogP contribution in [0, 0.1) is 6.92 Å². The number of nitrogens with zero attached hydrogens (tertiary/aromatic N) is 2. The first-order valence-corrected chi connectivity index (χ1v) is 10.9. The Morgan fingerprint density at radius 1 is 1.03 bits per heavy atom. The topological polar surface area (TPSA) is 69.7 Å². The number of anilines is 1. The fourth-order valence-corrected chi connectivity index (χ4v) is 4.74. The number of aryl methyl sites for hydroxylation is 2. The van der Waals surface area contributed by atoms with Crippen LogP contribution in [0.25, 0.3) is 10.8 Å². The van der Waals surface area contributed by atoms with Crippen molar-refractivity contribution in [2.45, 2.75) is 32.2 Å². The van der Waals surface area contributed by atoms with Crippen LogP contribution in [0.5, 0.6) is 0 Å². The first-order valence-electron chi connectivity index (χ1n) is 10.9. The molecule has 0 aromatic heterocycles. The number of imide groups is 1. The third-order valence-electron chi connectivity index (χ3n) is 6.55. The van der Waals surface area contributed by atoms with Gasteiger partial charge in [-0.1, -0.05) is 54.1 Å². The van der Waals surface area contributed by atoms with E-state index in [-0.39, 0.29) is 12.5 Å². The Bertz CT molecular complexity index is 1270. The third-order valence-corrected chi connectivity index (χ3v) is 6.55. The lowest BCUT2D eigenvalue weighted by atomic mass is 9.90. The van der Waals surface area contributed by atoms with Crippen molar-refractivity contribution < 1.29 is 14.4 Å². The lowest BCUT2D eigenvalue weighted by Gasteiger charge is -2.31. The Kier molecular flexibility index (Phi) is 4.73. The van der Waals surface area contributed by atoms with Gasteiger partial charge in [-0.25, -0.2) is 4.79 Å². The normalized spacial score (nSPS) is 20.4. The van der Waals surface area contributed by atoms with Crippen molar-refractivity contribution in [2.75, 3.05) is 18.0 Å². The number of nitrogens with one attached hydrogen (secondary N) is 1. The predicted octanol–water partition coefficient (Wildman–Crippen LogP) is 3.89. The maximum atomic E-state index is 13.4. The number of carbonyl (C=O) groups is 3. The molecule has 3 aromatic rings. The zero-order valence-corrected chi connectivity index (χ0v) is 18.2. The van der Waals surface area contributed by atoms with E-state index in [1.807, 2.05) is 61.5 Å². The Morgan fingerprint density at radius 2 is 1.81 bits per heavy atom. The van der Waals surface area contributed by atoms with Gasteiger partial charge in [0.05, 0.1) is 0 Å². The highest BCUT2D eigenvalue weighted by molar-refractivity contribution is 6.11. The molecule has 5 rings (SSSR count). The van der Waals surface area contributed by atoms with E-state index in [2.05, 4.69) is 11.4 Å². The van der Waals surface area contributed by atoms with E-state index in [1.54, 1.807) is 11.8 Å². The molecule has 0 aliphatic carbocycles. The van der Waals surface area contributed by atoms with Crippen molar-refractivity contribution >= 4 is 34.3 Å². The quantitative estimate of drug-likeness (QED) is 0.645. The summed E-state index contributed by atoms with van der Waals surface area (Å²) < 4.78 is 0. The summed E-state index contributed by atoms with van der Waals surface area (Å²) in [7, 11) is 0. The first kappa shape index (κ1) is 20.2. The van der Waals surface area contributed by atoms with Gasteiger partial charge in [0, 0.05) is 12.2 Å². The number of fused-ring (bicyclic) bond motifs is 2. The second-order valence-corrected chi connectivity index (χ2v) is 8.79. The van der Waals surface area contributed by atoms with Crippen molar-refractivity contribution in [3.8, 4) is 0 Å². The molecule has 0 spiro atoms. The SMILES string of the molecule is Cc1ccc2c(c1)CCCN2C(=O)CN1C(=O)NC(C)(c2ccc3ccccc3c2)C1=O. The summed E-state index contributed by atoms with van der Waals surface area (Å²) in [5.41, 5.74) is 2.64. The fourth-order valence-electron chi connectivity index (χ4n) is 4.74. The van der Waals surface area contributed by atoms with Crippen LogP contribution in [0.3, 0.4) is 0 Å². The summed E-state index contributed by atoms with van der Waals surface area (Å²) in [6.07, 6.45) is 1.78. The average Bonchev–Trinajstić information content (AvgIpc) is 3.01. The van der Waals surface area contributed by atoms with Gasteiger partial charge in [0.15, 0.2) is 0 Å². The van der Waals surface area contributed by atoms with Crippen molar-refractivity contribution in [2.24, 2.45) is 0 Å². The Hall–Kier alpha value is -3.67. The molecule has 1 N–H and O–H groups in total. The van der Waals surface area contributed by atoms with E-state index in [4.69, 9.17) is 0 Å². The Balaban J connectivity index is 1.40. The molecule has 1 atom stereocenters. The van der Waals surface area contributed by atoms with Crippen LogP contribution in [-0.2, 0) is 21.5 Å². The maximum absolute atomic E-state index is 13.4. The largest absolute Gasteiger partial charge is 0.325 e. The highest BCUT2D eigenvalue weighted by atomic mass is 16.2. The maximum Gasteiger partial charge on any atom is 0.325 e. The van der Waals surface area contributed by atoms with Gasteiger partial charge in [-0.05, 0) is 60.7 Å². The standard InChI is InChI=1S/C26H25N3O3/c1-17-9-12-22-20(14-17)8-5-13-28(22)23(30)16-29-24(31)26(2,27-25(29)32)21-11-10-18-6-3-4-7-19(18)15-21/h3-4,6-7,9-12,14-15H,5,8,13,16H2,1-2H3,(H,27,32). The van der Waals surface area contributed by atoms with Crippen LogP contribution >= 0.6 is 0 Å². The van der Waals surface area contributed by atoms with Crippen molar-refractivity contribution in [1.82, 2.24) is 10.2 Å². The van der Waals surface area contributed by atoms with Crippen molar-refractivity contribution in [1.29, 1.82) is 0 Å². The van der Waals surface area contributed by atoms with Crippen LogP contribution in [0.2, 0.25) is 0 Å². The number of carbonyl (C=O) groups excluding carboxylic acids is 3. The summed E-state index contributed by atoms with van der Waals surface area (Å²) in [4.78, 5) is 42.0. The molecule has 1 saturated heterocycles. The molecule has 0 bridgehead atoms. The monoisotopic (exact) mass is 427 g/mol. The summed E-state index contributed by atoms with van der Waals surface area (Å²) in [6, 6.07) is 19.1. The van der Waals surface area contributed by atoms with Gasteiger partial charge in [-0.3, -0.25) is 14.5 Å². The molecule has 2 aliphatic heterocycles. The minimum Gasteiger partial charge on any atom is -0.319 e. The molecular formula is C26H25N3O3. The molecule has 3 aromatic carbocycles. The third kappa shape index (κ3) is 3.23. The van der Waals surface area contributed by atoms with Gasteiger partial charge < -0.3 is 10.2 Å². The summed E-state index contributed by atoms with van der Waals surface area (Å²) in [5, 5.41) is 4.86. The van der Waals surface area contributed by atoms with Crippen LogP contribution in [0.4, 0.5) is 10.5 Å². The minimum absolute atomic E-state index is 0.249. The molecule has 4 amide bonds. The van der Waals surface area contributed by atoms with E-state index in [0.717, 1.165) is 45.3 Å². The molecule has 6 heteroatoms. The van der Waals surface area contributed by atoms with E-state index in [9.17, 15) is 14.4 Å². The molecule has 1 fully saturated rings. The number of rotatable bonds is 3. The van der Waals surface area contributed by atoms with Crippen molar-refractivity contribution in [3.63, 3.8) is 0 Å². The van der Waals surface area contributed by atoms with Gasteiger partial charge in [0.1, 0.15) is 12.1 Å². The zero-order valence-electron chi connectivity index (χ0n) is 18.2. The summed E-state index contributed by atoms with van der Waals surface area (Å²) in [6.45, 7) is 4.03.